The van der Waals surface area contributed by atoms with Crippen LogP contribution in [0.1, 0.15) is 36.4 Å². The molecule has 0 aliphatic heterocycles. The minimum atomic E-state index is 0.229. The molecule has 2 N–H and O–H groups in total. The third-order valence-corrected chi connectivity index (χ3v) is 4.17. The summed E-state index contributed by atoms with van der Waals surface area (Å²) >= 11 is 0. The van der Waals surface area contributed by atoms with Crippen LogP contribution in [0.2, 0.25) is 0 Å². The Labute approximate surface area is 90.9 Å². The third kappa shape index (κ3) is 1.48. The van der Waals surface area contributed by atoms with E-state index in [1.807, 2.05) is 12.4 Å². The number of fused-ring (bicyclic) bond motifs is 1. The Morgan fingerprint density at radius 2 is 2.07 bits per heavy atom. The molecule has 2 aliphatic rings. The number of hydrogen-bond donors (Lipinski definition) is 1. The van der Waals surface area contributed by atoms with Crippen LogP contribution in [-0.4, -0.2) is 4.98 Å². The Balaban J connectivity index is 1.78. The van der Waals surface area contributed by atoms with Crippen LogP contribution in [0, 0.1) is 24.7 Å². The number of nitrogens with zero attached hydrogens (tertiary/aromatic N) is 1. The largest absolute Gasteiger partial charge is 0.324 e. The third-order valence-electron chi connectivity index (χ3n) is 4.17. The summed E-state index contributed by atoms with van der Waals surface area (Å²) in [6.45, 7) is 2.08. The predicted octanol–water partition coefficient (Wildman–Crippen LogP) is 2.44. The standard InChI is InChI=1S/C13H18N2/c1-8-5-9(7-15-6-8)13(14)12-10-3-2-4-11(10)12/h5-7,10-13H,2-4,14H2,1H3. The monoisotopic (exact) mass is 202 g/mol. The van der Waals surface area contributed by atoms with Crippen molar-refractivity contribution in [2.75, 3.05) is 0 Å². The van der Waals surface area contributed by atoms with Gasteiger partial charge in [0.05, 0.1) is 0 Å². The highest BCUT2D eigenvalue weighted by Gasteiger charge is 2.55. The van der Waals surface area contributed by atoms with E-state index in [4.69, 9.17) is 5.73 Å². The summed E-state index contributed by atoms with van der Waals surface area (Å²) in [6, 6.07) is 2.42. The van der Waals surface area contributed by atoms with Crippen LogP contribution in [0.5, 0.6) is 0 Å². The number of hydrogen-bond acceptors (Lipinski definition) is 2. The van der Waals surface area contributed by atoms with Gasteiger partial charge in [-0.05, 0) is 48.6 Å². The van der Waals surface area contributed by atoms with Crippen molar-refractivity contribution in [3.63, 3.8) is 0 Å². The molecule has 3 unspecified atom stereocenters. The van der Waals surface area contributed by atoms with Crippen molar-refractivity contribution in [3.8, 4) is 0 Å². The average molecular weight is 202 g/mol. The van der Waals surface area contributed by atoms with Gasteiger partial charge in [0.25, 0.3) is 0 Å². The van der Waals surface area contributed by atoms with Crippen LogP contribution < -0.4 is 5.73 Å². The van der Waals surface area contributed by atoms with E-state index in [9.17, 15) is 0 Å². The molecular formula is C13H18N2. The van der Waals surface area contributed by atoms with Gasteiger partial charge in [0.15, 0.2) is 0 Å². The minimum Gasteiger partial charge on any atom is -0.324 e. The van der Waals surface area contributed by atoms with Crippen LogP contribution in [0.15, 0.2) is 18.5 Å². The number of aryl methyl sites for hydroxylation is 1. The fourth-order valence-corrected chi connectivity index (χ4v) is 3.39. The number of rotatable bonds is 2. The maximum Gasteiger partial charge on any atom is 0.0344 e. The van der Waals surface area contributed by atoms with E-state index in [2.05, 4.69) is 18.0 Å². The highest BCUT2D eigenvalue weighted by Crippen LogP contribution is 2.61. The Kier molecular flexibility index (Phi) is 2.06. The second-order valence-corrected chi connectivity index (χ2v) is 5.16. The molecule has 1 heterocycles. The van der Waals surface area contributed by atoms with Gasteiger partial charge >= 0.3 is 0 Å². The lowest BCUT2D eigenvalue weighted by atomic mass is 9.98. The topological polar surface area (TPSA) is 38.9 Å². The van der Waals surface area contributed by atoms with E-state index in [0.29, 0.717) is 0 Å². The van der Waals surface area contributed by atoms with Gasteiger partial charge in [-0.1, -0.05) is 12.5 Å². The summed E-state index contributed by atoms with van der Waals surface area (Å²) in [4.78, 5) is 4.23. The Morgan fingerprint density at radius 1 is 1.33 bits per heavy atom. The average Bonchev–Trinajstić information content (AvgIpc) is 2.70. The molecule has 0 aromatic carbocycles. The molecule has 3 rings (SSSR count). The van der Waals surface area contributed by atoms with Crippen molar-refractivity contribution < 1.29 is 0 Å². The summed E-state index contributed by atoms with van der Waals surface area (Å²) in [5, 5.41) is 0. The van der Waals surface area contributed by atoms with Gasteiger partial charge in [-0.15, -0.1) is 0 Å². The van der Waals surface area contributed by atoms with Crippen molar-refractivity contribution in [2.45, 2.75) is 32.2 Å². The lowest BCUT2D eigenvalue weighted by molar-refractivity contribution is 0.500. The summed E-state index contributed by atoms with van der Waals surface area (Å²) in [7, 11) is 0. The molecular weight excluding hydrogens is 184 g/mol. The molecule has 1 aromatic rings. The molecule has 3 atom stereocenters. The Bertz CT molecular complexity index is 365. The van der Waals surface area contributed by atoms with E-state index >= 15 is 0 Å². The van der Waals surface area contributed by atoms with Gasteiger partial charge in [0.2, 0.25) is 0 Å². The maximum absolute atomic E-state index is 6.32. The quantitative estimate of drug-likeness (QED) is 0.800. The van der Waals surface area contributed by atoms with Crippen LogP contribution in [0.3, 0.4) is 0 Å². The summed E-state index contributed by atoms with van der Waals surface area (Å²) < 4.78 is 0. The normalized spacial score (nSPS) is 34.9. The molecule has 0 saturated heterocycles. The van der Waals surface area contributed by atoms with Crippen LogP contribution in [0.25, 0.3) is 0 Å². The van der Waals surface area contributed by atoms with Gasteiger partial charge in [0, 0.05) is 18.4 Å². The SMILES string of the molecule is Cc1cncc(C(N)C2C3CCCC32)c1. The molecule has 0 bridgehead atoms. The second-order valence-electron chi connectivity index (χ2n) is 5.16. The molecule has 2 heteroatoms. The zero-order chi connectivity index (χ0) is 10.4. The lowest BCUT2D eigenvalue weighted by Gasteiger charge is -2.14. The summed E-state index contributed by atoms with van der Waals surface area (Å²) in [6.07, 6.45) is 8.06. The first kappa shape index (κ1) is 9.34. The summed E-state index contributed by atoms with van der Waals surface area (Å²) in [5.41, 5.74) is 8.77. The van der Waals surface area contributed by atoms with Crippen LogP contribution in [-0.2, 0) is 0 Å². The fraction of sp³-hybridized carbons (Fsp3) is 0.615. The molecule has 2 aliphatic carbocycles. The van der Waals surface area contributed by atoms with E-state index in [1.165, 1.54) is 30.4 Å². The highest BCUT2D eigenvalue weighted by atomic mass is 14.8. The molecule has 15 heavy (non-hydrogen) atoms. The maximum atomic E-state index is 6.32. The molecule has 2 saturated carbocycles. The van der Waals surface area contributed by atoms with Crippen LogP contribution >= 0.6 is 0 Å². The molecule has 2 nitrogen and oxygen atoms in total. The molecule has 1 aromatic heterocycles. The van der Waals surface area contributed by atoms with Crippen LogP contribution in [0.4, 0.5) is 0 Å². The van der Waals surface area contributed by atoms with Gasteiger partial charge < -0.3 is 5.73 Å². The van der Waals surface area contributed by atoms with E-state index in [0.717, 1.165) is 17.8 Å². The van der Waals surface area contributed by atoms with E-state index in [-0.39, 0.29) is 6.04 Å². The first-order valence-electron chi connectivity index (χ1n) is 5.94. The Hall–Kier alpha value is -0.890. The van der Waals surface area contributed by atoms with Crippen molar-refractivity contribution in [2.24, 2.45) is 23.5 Å². The van der Waals surface area contributed by atoms with Crippen molar-refractivity contribution in [3.05, 3.63) is 29.6 Å². The fourth-order valence-electron chi connectivity index (χ4n) is 3.39. The lowest BCUT2D eigenvalue weighted by Crippen LogP contribution is -2.15. The van der Waals surface area contributed by atoms with E-state index < -0.39 is 0 Å². The van der Waals surface area contributed by atoms with E-state index in [1.54, 1.807) is 0 Å². The van der Waals surface area contributed by atoms with Crippen molar-refractivity contribution in [1.29, 1.82) is 0 Å². The van der Waals surface area contributed by atoms with Gasteiger partial charge in [-0.25, -0.2) is 0 Å². The number of pyridine rings is 1. The molecule has 0 radical (unpaired) electrons. The zero-order valence-corrected chi connectivity index (χ0v) is 9.19. The van der Waals surface area contributed by atoms with Gasteiger partial charge in [0.1, 0.15) is 0 Å². The van der Waals surface area contributed by atoms with Gasteiger partial charge in [-0.3, -0.25) is 4.98 Å². The zero-order valence-electron chi connectivity index (χ0n) is 9.19. The van der Waals surface area contributed by atoms with Gasteiger partial charge in [-0.2, -0.15) is 0 Å². The first-order chi connectivity index (χ1) is 7.27. The summed E-state index contributed by atoms with van der Waals surface area (Å²) in [5.74, 6) is 2.61. The first-order valence-corrected chi connectivity index (χ1v) is 5.94. The smallest absolute Gasteiger partial charge is 0.0344 e. The Morgan fingerprint density at radius 3 is 2.73 bits per heavy atom. The van der Waals surface area contributed by atoms with Crippen molar-refractivity contribution in [1.82, 2.24) is 4.98 Å². The molecule has 2 fully saturated rings. The molecule has 80 valence electrons. The van der Waals surface area contributed by atoms with Crippen molar-refractivity contribution >= 4 is 0 Å². The second kappa shape index (κ2) is 3.31. The number of aromatic nitrogens is 1. The molecule has 0 amide bonds. The number of nitrogens with two attached hydrogens (primary N) is 1. The molecule has 0 spiro atoms. The predicted molar refractivity (Wildman–Crippen MR) is 60.2 cm³/mol. The highest BCUT2D eigenvalue weighted by molar-refractivity contribution is 5.23. The minimum absolute atomic E-state index is 0.229.